The lowest BCUT2D eigenvalue weighted by Crippen LogP contribution is -2.06. The Bertz CT molecular complexity index is 608. The zero-order valence-corrected chi connectivity index (χ0v) is 19.4. The summed E-state index contributed by atoms with van der Waals surface area (Å²) in [6.07, 6.45) is 16.0. The topological polar surface area (TPSA) is 63.6 Å². The standard InChI is InChI=1S/C24H42O4S/c1-3-5-7-9-11-15-22-19-23(16-12-10-8-6-4-2)21-24(20-22)28-17-13-14-18-29(25,26)27/h19-21H,3-18H2,1-2H3,(H,25,26,27). The predicted octanol–water partition coefficient (Wildman–Crippen LogP) is 6.76. The number of unbranched alkanes of at least 4 members (excludes halogenated alkanes) is 9. The fourth-order valence-corrected chi connectivity index (χ4v) is 4.11. The Morgan fingerprint density at radius 2 is 1.24 bits per heavy atom. The van der Waals surface area contributed by atoms with Crippen molar-refractivity contribution in [3.63, 3.8) is 0 Å². The quantitative estimate of drug-likeness (QED) is 0.208. The Hall–Kier alpha value is -1.07. The van der Waals surface area contributed by atoms with E-state index >= 15 is 0 Å². The number of hydrogen-bond donors (Lipinski definition) is 1. The summed E-state index contributed by atoms with van der Waals surface area (Å²) in [5.41, 5.74) is 2.70. The molecule has 1 N–H and O–H groups in total. The van der Waals surface area contributed by atoms with Crippen LogP contribution in [-0.4, -0.2) is 25.3 Å². The predicted molar refractivity (Wildman–Crippen MR) is 123 cm³/mol. The first-order valence-electron chi connectivity index (χ1n) is 11.7. The minimum Gasteiger partial charge on any atom is -0.494 e. The molecule has 0 atom stereocenters. The lowest BCUT2D eigenvalue weighted by Gasteiger charge is -2.12. The average Bonchev–Trinajstić information content (AvgIpc) is 2.66. The molecule has 0 heterocycles. The van der Waals surface area contributed by atoms with Crippen LogP contribution in [0.3, 0.4) is 0 Å². The molecule has 1 aromatic carbocycles. The zero-order valence-electron chi connectivity index (χ0n) is 18.6. The molecular weight excluding hydrogens is 384 g/mol. The SMILES string of the molecule is CCCCCCCc1cc(CCCCCCC)cc(OCCCCS(=O)(=O)O)c1. The molecule has 0 aliphatic rings. The summed E-state index contributed by atoms with van der Waals surface area (Å²) < 4.78 is 36.3. The van der Waals surface area contributed by atoms with E-state index in [4.69, 9.17) is 9.29 Å². The van der Waals surface area contributed by atoms with Crippen LogP contribution in [0.25, 0.3) is 0 Å². The van der Waals surface area contributed by atoms with Gasteiger partial charge in [-0.05, 0) is 61.8 Å². The number of ether oxygens (including phenoxy) is 1. The molecule has 168 valence electrons. The van der Waals surface area contributed by atoms with E-state index in [2.05, 4.69) is 32.0 Å². The first-order chi connectivity index (χ1) is 13.9. The molecule has 0 spiro atoms. The highest BCUT2D eigenvalue weighted by atomic mass is 32.2. The number of hydrogen-bond acceptors (Lipinski definition) is 3. The summed E-state index contributed by atoms with van der Waals surface area (Å²) in [5.74, 6) is 0.698. The molecule has 0 radical (unpaired) electrons. The molecule has 0 aliphatic heterocycles. The van der Waals surface area contributed by atoms with Gasteiger partial charge in [-0.1, -0.05) is 71.3 Å². The Morgan fingerprint density at radius 3 is 1.72 bits per heavy atom. The zero-order chi connectivity index (χ0) is 21.4. The summed E-state index contributed by atoms with van der Waals surface area (Å²) in [6, 6.07) is 6.62. The third kappa shape index (κ3) is 14.5. The van der Waals surface area contributed by atoms with Crippen molar-refractivity contribution < 1.29 is 17.7 Å². The normalized spacial score (nSPS) is 11.7. The summed E-state index contributed by atoms with van der Waals surface area (Å²) >= 11 is 0. The van der Waals surface area contributed by atoms with E-state index in [-0.39, 0.29) is 5.75 Å². The molecule has 1 aromatic rings. The van der Waals surface area contributed by atoms with Gasteiger partial charge in [-0.25, -0.2) is 0 Å². The third-order valence-corrected chi connectivity index (χ3v) is 6.03. The van der Waals surface area contributed by atoms with Gasteiger partial charge >= 0.3 is 0 Å². The molecule has 0 bridgehead atoms. The molecule has 0 aliphatic carbocycles. The Morgan fingerprint density at radius 1 is 0.724 bits per heavy atom. The summed E-state index contributed by atoms with van der Waals surface area (Å²) in [5, 5.41) is 0. The van der Waals surface area contributed by atoms with Crippen LogP contribution in [0.5, 0.6) is 5.75 Å². The second-order valence-corrected chi connectivity index (χ2v) is 9.73. The Balaban J connectivity index is 2.56. The second kappa shape index (κ2) is 15.7. The van der Waals surface area contributed by atoms with Crippen molar-refractivity contribution in [1.29, 1.82) is 0 Å². The van der Waals surface area contributed by atoms with Crippen LogP contribution in [0, 0.1) is 0 Å². The van der Waals surface area contributed by atoms with E-state index in [9.17, 15) is 8.42 Å². The fraction of sp³-hybridized carbons (Fsp3) is 0.750. The van der Waals surface area contributed by atoms with Crippen LogP contribution in [0.1, 0.15) is 102 Å². The summed E-state index contributed by atoms with van der Waals surface area (Å²) in [7, 11) is -3.87. The molecule has 0 unspecified atom stereocenters. The van der Waals surface area contributed by atoms with Crippen molar-refractivity contribution in [2.75, 3.05) is 12.4 Å². The summed E-state index contributed by atoms with van der Waals surface area (Å²) in [6.45, 7) is 4.96. The maximum atomic E-state index is 10.8. The molecule has 0 saturated heterocycles. The van der Waals surface area contributed by atoms with Crippen LogP contribution >= 0.6 is 0 Å². The van der Waals surface area contributed by atoms with E-state index in [0.29, 0.717) is 19.4 Å². The van der Waals surface area contributed by atoms with Gasteiger partial charge in [-0.2, -0.15) is 8.42 Å². The molecule has 0 saturated carbocycles. The molecule has 1 rings (SSSR count). The van der Waals surface area contributed by atoms with Crippen LogP contribution in [-0.2, 0) is 23.0 Å². The van der Waals surface area contributed by atoms with Gasteiger partial charge in [0, 0.05) is 0 Å². The smallest absolute Gasteiger partial charge is 0.264 e. The lowest BCUT2D eigenvalue weighted by atomic mass is 9.99. The first kappa shape index (κ1) is 26.0. The van der Waals surface area contributed by atoms with Crippen molar-refractivity contribution in [3.05, 3.63) is 29.3 Å². The van der Waals surface area contributed by atoms with Crippen LogP contribution in [0.2, 0.25) is 0 Å². The third-order valence-electron chi connectivity index (χ3n) is 5.23. The summed E-state index contributed by atoms with van der Waals surface area (Å²) in [4.78, 5) is 0. The highest BCUT2D eigenvalue weighted by molar-refractivity contribution is 7.85. The number of aryl methyl sites for hydroxylation is 2. The van der Waals surface area contributed by atoms with Crippen LogP contribution < -0.4 is 4.74 Å². The van der Waals surface area contributed by atoms with Crippen molar-refractivity contribution in [1.82, 2.24) is 0 Å². The monoisotopic (exact) mass is 426 g/mol. The van der Waals surface area contributed by atoms with Gasteiger partial charge < -0.3 is 4.74 Å². The van der Waals surface area contributed by atoms with Crippen molar-refractivity contribution >= 4 is 10.1 Å². The van der Waals surface area contributed by atoms with E-state index in [1.54, 1.807) is 0 Å². The maximum absolute atomic E-state index is 10.8. The Kier molecular flexibility index (Phi) is 14.1. The molecule has 0 amide bonds. The van der Waals surface area contributed by atoms with Gasteiger partial charge in [-0.3, -0.25) is 4.55 Å². The highest BCUT2D eigenvalue weighted by Crippen LogP contribution is 2.22. The van der Waals surface area contributed by atoms with E-state index in [0.717, 1.165) is 18.6 Å². The maximum Gasteiger partial charge on any atom is 0.264 e. The molecule has 0 aromatic heterocycles. The average molecular weight is 427 g/mol. The van der Waals surface area contributed by atoms with Gasteiger partial charge in [0.1, 0.15) is 5.75 Å². The van der Waals surface area contributed by atoms with E-state index in [1.165, 1.54) is 75.3 Å². The molecule has 29 heavy (non-hydrogen) atoms. The van der Waals surface area contributed by atoms with Crippen LogP contribution in [0.4, 0.5) is 0 Å². The lowest BCUT2D eigenvalue weighted by molar-refractivity contribution is 0.308. The van der Waals surface area contributed by atoms with Gasteiger partial charge in [0.15, 0.2) is 0 Å². The van der Waals surface area contributed by atoms with Crippen molar-refractivity contribution in [2.24, 2.45) is 0 Å². The molecule has 0 fully saturated rings. The minimum absolute atomic E-state index is 0.197. The van der Waals surface area contributed by atoms with E-state index in [1.807, 2.05) is 0 Å². The molecular formula is C24H42O4S. The number of benzene rings is 1. The second-order valence-electron chi connectivity index (χ2n) is 8.16. The van der Waals surface area contributed by atoms with Gasteiger partial charge in [0.2, 0.25) is 0 Å². The van der Waals surface area contributed by atoms with Gasteiger partial charge in [0.05, 0.1) is 12.4 Å². The van der Waals surface area contributed by atoms with Crippen LogP contribution in [0.15, 0.2) is 18.2 Å². The molecule has 5 heteroatoms. The van der Waals surface area contributed by atoms with E-state index < -0.39 is 10.1 Å². The van der Waals surface area contributed by atoms with Gasteiger partial charge in [0.25, 0.3) is 10.1 Å². The first-order valence-corrected chi connectivity index (χ1v) is 13.3. The number of rotatable bonds is 18. The Labute approximate surface area is 179 Å². The van der Waals surface area contributed by atoms with Gasteiger partial charge in [-0.15, -0.1) is 0 Å². The largest absolute Gasteiger partial charge is 0.494 e. The molecule has 4 nitrogen and oxygen atoms in total. The van der Waals surface area contributed by atoms with Crippen molar-refractivity contribution in [2.45, 2.75) is 104 Å². The minimum atomic E-state index is -3.87. The fourth-order valence-electron chi connectivity index (χ4n) is 3.54. The van der Waals surface area contributed by atoms with Crippen molar-refractivity contribution in [3.8, 4) is 5.75 Å². The highest BCUT2D eigenvalue weighted by Gasteiger charge is 2.06.